The van der Waals surface area contributed by atoms with Gasteiger partial charge in [0.15, 0.2) is 0 Å². The molecule has 0 bridgehead atoms. The van der Waals surface area contributed by atoms with Gasteiger partial charge in [0.2, 0.25) is 5.91 Å². The summed E-state index contributed by atoms with van der Waals surface area (Å²) in [4.78, 5) is 17.8. The number of hydrogen-bond donors (Lipinski definition) is 0. The summed E-state index contributed by atoms with van der Waals surface area (Å²) in [6.07, 6.45) is 9.09. The third kappa shape index (κ3) is 5.28. The van der Waals surface area contributed by atoms with E-state index in [9.17, 15) is 4.79 Å². The summed E-state index contributed by atoms with van der Waals surface area (Å²) < 4.78 is 2.05. The summed E-state index contributed by atoms with van der Waals surface area (Å²) in [6.45, 7) is 4.31. The predicted octanol–water partition coefficient (Wildman–Crippen LogP) is 4.13. The van der Waals surface area contributed by atoms with Gasteiger partial charge in [-0.2, -0.15) is 0 Å². The Bertz CT molecular complexity index is 927. The number of rotatable bonds is 7. The number of aromatic nitrogens is 1. The fourth-order valence-electron chi connectivity index (χ4n) is 3.98. The summed E-state index contributed by atoms with van der Waals surface area (Å²) in [7, 11) is 0. The number of nitrogens with zero attached hydrogens (tertiary/aromatic N) is 3. The molecule has 0 radical (unpaired) electrons. The van der Waals surface area contributed by atoms with E-state index in [1.165, 1.54) is 11.1 Å². The van der Waals surface area contributed by atoms with E-state index in [-0.39, 0.29) is 11.9 Å². The Labute approximate surface area is 179 Å². The maximum absolute atomic E-state index is 13.4. The van der Waals surface area contributed by atoms with E-state index in [0.29, 0.717) is 6.42 Å². The average Bonchev–Trinajstić information content (AvgIpc) is 3.34. The van der Waals surface area contributed by atoms with Gasteiger partial charge >= 0.3 is 0 Å². The molecule has 1 amide bonds. The molecule has 1 aliphatic rings. The Morgan fingerprint density at radius 3 is 2.13 bits per heavy atom. The summed E-state index contributed by atoms with van der Waals surface area (Å²) in [5.41, 5.74) is 2.41. The topological polar surface area (TPSA) is 28.5 Å². The number of carbonyl (C=O) groups is 1. The molecule has 0 unspecified atom stereocenters. The van der Waals surface area contributed by atoms with Crippen molar-refractivity contribution in [3.63, 3.8) is 0 Å². The van der Waals surface area contributed by atoms with Crippen molar-refractivity contribution < 1.29 is 4.79 Å². The molecule has 4 rings (SSSR count). The molecule has 3 aromatic rings. The first kappa shape index (κ1) is 20.2. The van der Waals surface area contributed by atoms with Crippen molar-refractivity contribution in [2.75, 3.05) is 32.7 Å². The van der Waals surface area contributed by atoms with Crippen LogP contribution in [0.5, 0.6) is 0 Å². The first-order valence-corrected chi connectivity index (χ1v) is 10.7. The zero-order chi connectivity index (χ0) is 20.6. The van der Waals surface area contributed by atoms with E-state index in [1.807, 2.05) is 58.3 Å². The molecule has 4 nitrogen and oxygen atoms in total. The highest BCUT2D eigenvalue weighted by molar-refractivity contribution is 5.81. The minimum Gasteiger partial charge on any atom is -0.342 e. The molecule has 1 atom stereocenters. The predicted molar refractivity (Wildman–Crippen MR) is 122 cm³/mol. The van der Waals surface area contributed by atoms with E-state index in [4.69, 9.17) is 0 Å². The molecule has 2 aromatic carbocycles. The fourth-order valence-corrected chi connectivity index (χ4v) is 3.98. The van der Waals surface area contributed by atoms with E-state index in [0.717, 1.165) is 32.7 Å². The molecule has 0 spiro atoms. The van der Waals surface area contributed by atoms with Crippen LogP contribution in [-0.4, -0.2) is 53.0 Å². The maximum Gasteiger partial charge on any atom is 0.246 e. The van der Waals surface area contributed by atoms with Gasteiger partial charge in [-0.1, -0.05) is 72.8 Å². The second kappa shape index (κ2) is 10.1. The minimum absolute atomic E-state index is 0.188. The average molecular weight is 400 g/mol. The molecule has 4 heteroatoms. The van der Waals surface area contributed by atoms with Crippen LogP contribution in [0.25, 0.3) is 6.08 Å². The molecule has 1 fully saturated rings. The third-order valence-corrected chi connectivity index (χ3v) is 5.70. The molecule has 30 heavy (non-hydrogen) atoms. The van der Waals surface area contributed by atoms with Crippen LogP contribution in [0.1, 0.15) is 17.2 Å². The standard InChI is InChI=1S/C26H29N3O/c30-26(25(28-16-7-8-17-28)22-24-12-5-2-6-13-24)29-20-18-27(19-21-29)15-9-14-23-10-3-1-4-11-23/h1-14,16-17,25H,15,18-22H2/t25-/m0/s1. The lowest BCUT2D eigenvalue weighted by atomic mass is 10.0. The SMILES string of the molecule is O=C([C@H](Cc1ccccc1)n1cccc1)N1CCN(CC=Cc2ccccc2)CC1. The maximum atomic E-state index is 13.4. The third-order valence-electron chi connectivity index (χ3n) is 5.70. The number of carbonyl (C=O) groups excluding carboxylic acids is 1. The van der Waals surface area contributed by atoms with Gasteiger partial charge in [0.05, 0.1) is 0 Å². The van der Waals surface area contributed by atoms with Crippen molar-refractivity contribution in [1.82, 2.24) is 14.4 Å². The molecule has 154 valence electrons. The molecule has 0 aliphatic carbocycles. The fraction of sp³-hybridized carbons (Fsp3) is 0.269. The van der Waals surface area contributed by atoms with Crippen molar-refractivity contribution in [3.05, 3.63) is 102 Å². The largest absolute Gasteiger partial charge is 0.342 e. The number of piperazine rings is 1. The molecule has 2 heterocycles. The number of amides is 1. The first-order chi connectivity index (χ1) is 14.8. The Kier molecular flexibility index (Phi) is 6.78. The van der Waals surface area contributed by atoms with Crippen molar-refractivity contribution in [1.29, 1.82) is 0 Å². The van der Waals surface area contributed by atoms with Crippen LogP contribution in [0.4, 0.5) is 0 Å². The Balaban J connectivity index is 1.34. The highest BCUT2D eigenvalue weighted by Gasteiger charge is 2.28. The van der Waals surface area contributed by atoms with E-state index < -0.39 is 0 Å². The lowest BCUT2D eigenvalue weighted by Crippen LogP contribution is -2.50. The second-order valence-electron chi connectivity index (χ2n) is 7.77. The van der Waals surface area contributed by atoms with Crippen molar-refractivity contribution in [2.24, 2.45) is 0 Å². The summed E-state index contributed by atoms with van der Waals surface area (Å²) >= 11 is 0. The monoisotopic (exact) mass is 399 g/mol. The Hall–Kier alpha value is -3.11. The van der Waals surface area contributed by atoms with Gasteiger partial charge in [-0.25, -0.2) is 0 Å². The molecule has 0 N–H and O–H groups in total. The van der Waals surface area contributed by atoms with Gasteiger partial charge in [-0.15, -0.1) is 0 Å². The van der Waals surface area contributed by atoms with Crippen molar-refractivity contribution >= 4 is 12.0 Å². The Morgan fingerprint density at radius 2 is 1.47 bits per heavy atom. The normalized spacial score (nSPS) is 16.1. The molecule has 1 saturated heterocycles. The summed E-state index contributed by atoms with van der Waals surface area (Å²) in [5.74, 6) is 0.217. The molecule has 1 aliphatic heterocycles. The quantitative estimate of drug-likeness (QED) is 0.598. The zero-order valence-electron chi connectivity index (χ0n) is 17.3. The van der Waals surface area contributed by atoms with E-state index >= 15 is 0 Å². The first-order valence-electron chi connectivity index (χ1n) is 10.7. The van der Waals surface area contributed by atoms with E-state index in [1.54, 1.807) is 0 Å². The van der Waals surface area contributed by atoms with Gasteiger partial charge in [0, 0.05) is 51.5 Å². The van der Waals surface area contributed by atoms with Crippen LogP contribution in [0.3, 0.4) is 0 Å². The molecular formula is C26H29N3O. The van der Waals surface area contributed by atoms with Gasteiger partial charge in [-0.05, 0) is 23.3 Å². The van der Waals surface area contributed by atoms with Crippen LogP contribution in [0.15, 0.2) is 91.3 Å². The van der Waals surface area contributed by atoms with Crippen LogP contribution in [0, 0.1) is 0 Å². The van der Waals surface area contributed by atoms with Gasteiger partial charge in [-0.3, -0.25) is 9.69 Å². The Morgan fingerprint density at radius 1 is 0.833 bits per heavy atom. The summed E-state index contributed by atoms with van der Waals surface area (Å²) in [5, 5.41) is 0. The van der Waals surface area contributed by atoms with E-state index in [2.05, 4.69) is 53.5 Å². The van der Waals surface area contributed by atoms with Crippen LogP contribution < -0.4 is 0 Å². The number of benzene rings is 2. The van der Waals surface area contributed by atoms with Crippen LogP contribution in [-0.2, 0) is 11.2 Å². The second-order valence-corrected chi connectivity index (χ2v) is 7.77. The minimum atomic E-state index is -0.188. The molecular weight excluding hydrogens is 370 g/mol. The summed E-state index contributed by atoms with van der Waals surface area (Å²) in [6, 6.07) is 24.4. The zero-order valence-corrected chi connectivity index (χ0v) is 17.3. The highest BCUT2D eigenvalue weighted by atomic mass is 16.2. The van der Waals surface area contributed by atoms with Crippen LogP contribution in [0.2, 0.25) is 0 Å². The lowest BCUT2D eigenvalue weighted by molar-refractivity contribution is -0.136. The molecule has 0 saturated carbocycles. The van der Waals surface area contributed by atoms with Gasteiger partial charge in [0.25, 0.3) is 0 Å². The smallest absolute Gasteiger partial charge is 0.246 e. The van der Waals surface area contributed by atoms with Crippen LogP contribution >= 0.6 is 0 Å². The number of hydrogen-bond acceptors (Lipinski definition) is 2. The highest BCUT2D eigenvalue weighted by Crippen LogP contribution is 2.19. The lowest BCUT2D eigenvalue weighted by Gasteiger charge is -2.36. The van der Waals surface area contributed by atoms with Crippen molar-refractivity contribution in [2.45, 2.75) is 12.5 Å². The molecule has 1 aromatic heterocycles. The van der Waals surface area contributed by atoms with Gasteiger partial charge < -0.3 is 9.47 Å². The van der Waals surface area contributed by atoms with Gasteiger partial charge in [0.1, 0.15) is 6.04 Å². The van der Waals surface area contributed by atoms with Crippen molar-refractivity contribution in [3.8, 4) is 0 Å².